The molecule has 1 heterocycles. The van der Waals surface area contributed by atoms with Crippen LogP contribution in [0.2, 0.25) is 0 Å². The van der Waals surface area contributed by atoms with Crippen LogP contribution in [0.5, 0.6) is 0 Å². The average Bonchev–Trinajstić information content (AvgIpc) is 2.67. The van der Waals surface area contributed by atoms with Crippen molar-refractivity contribution in [2.45, 2.75) is 6.54 Å². The van der Waals surface area contributed by atoms with E-state index in [0.717, 1.165) is 6.07 Å². The second kappa shape index (κ2) is 8.66. The summed E-state index contributed by atoms with van der Waals surface area (Å²) in [5.41, 5.74) is 1.24. The average molecular weight is 366 g/mol. The summed E-state index contributed by atoms with van der Waals surface area (Å²) >= 11 is 0. The molecule has 0 unspecified atom stereocenters. The first kappa shape index (κ1) is 18.2. The number of carbonyl (C=O) groups is 1. The van der Waals surface area contributed by atoms with Crippen LogP contribution >= 0.6 is 0 Å². The standard InChI is InChI=1S/C20H16F2N4O/c21-15-6-3-5-14(11-15)19(27)26-20(24-13-18-8-1-2-10-23-18)25-17-9-4-7-16(22)12-17/h1-12H,13H2,(H2,24,25,26,27). The Balaban J connectivity index is 1.81. The van der Waals surface area contributed by atoms with E-state index in [1.54, 1.807) is 24.4 Å². The third-order valence-electron chi connectivity index (χ3n) is 3.53. The molecule has 2 aromatic carbocycles. The molecule has 0 saturated carbocycles. The van der Waals surface area contributed by atoms with Crippen LogP contribution in [0.25, 0.3) is 0 Å². The molecule has 0 aliphatic carbocycles. The maximum Gasteiger partial charge on any atom is 0.258 e. The molecule has 0 bridgehead atoms. The van der Waals surface area contributed by atoms with Crippen molar-refractivity contribution in [1.82, 2.24) is 10.3 Å². The van der Waals surface area contributed by atoms with Crippen molar-refractivity contribution in [1.29, 1.82) is 0 Å². The van der Waals surface area contributed by atoms with Crippen molar-refractivity contribution >= 4 is 17.6 Å². The summed E-state index contributed by atoms with van der Waals surface area (Å²) in [5, 5.41) is 5.44. The predicted octanol–water partition coefficient (Wildman–Crippen LogP) is 3.76. The summed E-state index contributed by atoms with van der Waals surface area (Å²) in [6.07, 6.45) is 1.63. The first-order chi connectivity index (χ1) is 13.1. The van der Waals surface area contributed by atoms with Crippen molar-refractivity contribution in [3.8, 4) is 0 Å². The van der Waals surface area contributed by atoms with Gasteiger partial charge in [-0.05, 0) is 48.5 Å². The zero-order valence-electron chi connectivity index (χ0n) is 14.2. The van der Waals surface area contributed by atoms with E-state index >= 15 is 0 Å². The van der Waals surface area contributed by atoms with E-state index in [0.29, 0.717) is 11.4 Å². The van der Waals surface area contributed by atoms with Crippen LogP contribution < -0.4 is 10.6 Å². The number of rotatable bonds is 4. The Morgan fingerprint density at radius 1 is 0.963 bits per heavy atom. The lowest BCUT2D eigenvalue weighted by Crippen LogP contribution is -2.36. The smallest absolute Gasteiger partial charge is 0.258 e. The van der Waals surface area contributed by atoms with Crippen LogP contribution in [0.3, 0.4) is 0 Å². The number of hydrogen-bond acceptors (Lipinski definition) is 3. The fourth-order valence-corrected chi connectivity index (χ4v) is 2.27. The van der Waals surface area contributed by atoms with Gasteiger partial charge >= 0.3 is 0 Å². The number of anilines is 1. The molecule has 5 nitrogen and oxygen atoms in total. The number of amides is 1. The summed E-state index contributed by atoms with van der Waals surface area (Å²) in [7, 11) is 0. The summed E-state index contributed by atoms with van der Waals surface area (Å²) in [6.45, 7) is 0.196. The van der Waals surface area contributed by atoms with E-state index in [9.17, 15) is 13.6 Å². The summed E-state index contributed by atoms with van der Waals surface area (Å²) in [5.74, 6) is -1.40. The molecule has 2 N–H and O–H groups in total. The van der Waals surface area contributed by atoms with Gasteiger partial charge < -0.3 is 5.32 Å². The number of aromatic nitrogens is 1. The molecule has 0 radical (unpaired) electrons. The highest BCUT2D eigenvalue weighted by atomic mass is 19.1. The van der Waals surface area contributed by atoms with Gasteiger partial charge in [-0.2, -0.15) is 0 Å². The number of hydrogen-bond donors (Lipinski definition) is 2. The third kappa shape index (κ3) is 5.43. The minimum absolute atomic E-state index is 0.0977. The van der Waals surface area contributed by atoms with Crippen molar-refractivity contribution in [2.75, 3.05) is 5.32 Å². The third-order valence-corrected chi connectivity index (χ3v) is 3.53. The highest BCUT2D eigenvalue weighted by molar-refractivity contribution is 6.09. The number of nitrogens with zero attached hydrogens (tertiary/aromatic N) is 2. The summed E-state index contributed by atoms with van der Waals surface area (Å²) < 4.78 is 26.8. The Morgan fingerprint density at radius 3 is 2.44 bits per heavy atom. The van der Waals surface area contributed by atoms with Gasteiger partial charge in [0, 0.05) is 17.4 Å². The zero-order valence-corrected chi connectivity index (χ0v) is 14.2. The summed E-state index contributed by atoms with van der Waals surface area (Å²) in [4.78, 5) is 20.9. The molecule has 1 amide bonds. The van der Waals surface area contributed by atoms with Gasteiger partial charge in [-0.15, -0.1) is 0 Å². The lowest BCUT2D eigenvalue weighted by molar-refractivity contribution is 0.0976. The van der Waals surface area contributed by atoms with Crippen molar-refractivity contribution in [3.63, 3.8) is 0 Å². The van der Waals surface area contributed by atoms with Crippen molar-refractivity contribution in [2.24, 2.45) is 4.99 Å². The van der Waals surface area contributed by atoms with E-state index in [1.165, 1.54) is 36.4 Å². The molecular formula is C20H16F2N4O. The molecule has 3 aromatic rings. The molecule has 0 saturated heterocycles. The zero-order chi connectivity index (χ0) is 19.1. The molecule has 0 fully saturated rings. The first-order valence-corrected chi connectivity index (χ1v) is 8.14. The van der Waals surface area contributed by atoms with Crippen LogP contribution in [0, 0.1) is 11.6 Å². The van der Waals surface area contributed by atoms with Gasteiger partial charge in [-0.3, -0.25) is 15.1 Å². The number of guanidine groups is 1. The fraction of sp³-hybridized carbons (Fsp3) is 0.0500. The molecule has 1 aromatic heterocycles. The minimum atomic E-state index is -0.543. The van der Waals surface area contributed by atoms with Crippen LogP contribution in [-0.4, -0.2) is 16.9 Å². The Bertz CT molecular complexity index is 961. The maximum atomic E-state index is 13.4. The van der Waals surface area contributed by atoms with E-state index < -0.39 is 17.5 Å². The lowest BCUT2D eigenvalue weighted by Gasteiger charge is -2.12. The molecule has 27 heavy (non-hydrogen) atoms. The van der Waals surface area contributed by atoms with Gasteiger partial charge in [0.25, 0.3) is 5.91 Å². The van der Waals surface area contributed by atoms with E-state index in [4.69, 9.17) is 0 Å². The van der Waals surface area contributed by atoms with Crippen LogP contribution in [-0.2, 0) is 6.54 Å². The Morgan fingerprint density at radius 2 is 1.74 bits per heavy atom. The summed E-state index contributed by atoms with van der Waals surface area (Å²) in [6, 6.07) is 16.4. The van der Waals surface area contributed by atoms with Gasteiger partial charge in [0.15, 0.2) is 0 Å². The number of nitrogens with one attached hydrogen (secondary N) is 2. The molecule has 0 aliphatic rings. The monoisotopic (exact) mass is 366 g/mol. The van der Waals surface area contributed by atoms with Gasteiger partial charge in [0.2, 0.25) is 5.96 Å². The quantitative estimate of drug-likeness (QED) is 0.546. The van der Waals surface area contributed by atoms with E-state index in [1.807, 2.05) is 6.07 Å². The van der Waals surface area contributed by atoms with Crippen molar-refractivity contribution < 1.29 is 13.6 Å². The molecule has 0 aliphatic heterocycles. The Kier molecular flexibility index (Phi) is 5.84. The van der Waals surface area contributed by atoms with Crippen LogP contribution in [0.4, 0.5) is 14.5 Å². The molecule has 136 valence electrons. The molecule has 7 heteroatoms. The molecule has 0 spiro atoms. The molecule has 0 atom stereocenters. The van der Waals surface area contributed by atoms with Crippen molar-refractivity contribution in [3.05, 3.63) is 95.8 Å². The molecule has 3 rings (SSSR count). The second-order valence-electron chi connectivity index (χ2n) is 5.59. The number of halogens is 2. The number of carbonyl (C=O) groups excluding carboxylic acids is 1. The minimum Gasteiger partial charge on any atom is -0.326 e. The van der Waals surface area contributed by atoms with Gasteiger partial charge in [0.1, 0.15) is 11.6 Å². The topological polar surface area (TPSA) is 66.4 Å². The number of benzene rings is 2. The van der Waals surface area contributed by atoms with Crippen LogP contribution in [0.15, 0.2) is 77.9 Å². The highest BCUT2D eigenvalue weighted by Gasteiger charge is 2.10. The predicted molar refractivity (Wildman–Crippen MR) is 99.3 cm³/mol. The highest BCUT2D eigenvalue weighted by Crippen LogP contribution is 2.10. The largest absolute Gasteiger partial charge is 0.326 e. The second-order valence-corrected chi connectivity index (χ2v) is 5.59. The Hall–Kier alpha value is -3.61. The molecular weight excluding hydrogens is 350 g/mol. The van der Waals surface area contributed by atoms with E-state index in [-0.39, 0.29) is 18.1 Å². The normalized spacial score (nSPS) is 11.1. The van der Waals surface area contributed by atoms with Gasteiger partial charge in [0.05, 0.1) is 12.2 Å². The number of pyridine rings is 1. The van der Waals surface area contributed by atoms with Gasteiger partial charge in [-0.25, -0.2) is 13.8 Å². The van der Waals surface area contributed by atoms with Crippen LogP contribution in [0.1, 0.15) is 16.1 Å². The van der Waals surface area contributed by atoms with E-state index in [2.05, 4.69) is 20.6 Å². The first-order valence-electron chi connectivity index (χ1n) is 8.14. The Labute approximate surface area is 154 Å². The van der Waals surface area contributed by atoms with Gasteiger partial charge in [-0.1, -0.05) is 18.2 Å². The number of aliphatic imine (C=N–C) groups is 1. The maximum absolute atomic E-state index is 13.4. The fourth-order valence-electron chi connectivity index (χ4n) is 2.27. The lowest BCUT2D eigenvalue weighted by atomic mass is 10.2. The SMILES string of the molecule is O=C(NC(=NCc1ccccn1)Nc1cccc(F)c1)c1cccc(F)c1.